The summed E-state index contributed by atoms with van der Waals surface area (Å²) in [7, 11) is 0. The highest BCUT2D eigenvalue weighted by atomic mass is 16.5. The molecule has 0 bridgehead atoms. The van der Waals surface area contributed by atoms with Crippen molar-refractivity contribution in [3.05, 3.63) is 48.0 Å². The third kappa shape index (κ3) is 4.13. The number of carbonyl (C=O) groups is 1. The fourth-order valence-electron chi connectivity index (χ4n) is 3.19. The molecule has 1 aliphatic rings. The second-order valence-corrected chi connectivity index (χ2v) is 7.05. The fraction of sp³-hybridized carbons (Fsp3) is 0.450. The van der Waals surface area contributed by atoms with Crippen LogP contribution in [-0.4, -0.2) is 49.2 Å². The van der Waals surface area contributed by atoms with Crippen molar-refractivity contribution in [3.63, 3.8) is 0 Å². The Kier molecular flexibility index (Phi) is 5.17. The molecule has 0 spiro atoms. The van der Waals surface area contributed by atoms with Crippen LogP contribution in [0.3, 0.4) is 0 Å². The van der Waals surface area contributed by atoms with Gasteiger partial charge in [-0.2, -0.15) is 0 Å². The number of amides is 1. The predicted molar refractivity (Wildman–Crippen MR) is 97.1 cm³/mol. The van der Waals surface area contributed by atoms with Crippen LogP contribution < -0.4 is 5.32 Å². The van der Waals surface area contributed by atoms with E-state index in [1.165, 1.54) is 10.8 Å². The van der Waals surface area contributed by atoms with E-state index in [4.69, 9.17) is 4.74 Å². The molecule has 1 N–H and O–H groups in total. The van der Waals surface area contributed by atoms with Gasteiger partial charge in [-0.15, -0.1) is 0 Å². The lowest BCUT2D eigenvalue weighted by molar-refractivity contribution is -0.121. The van der Waals surface area contributed by atoms with E-state index >= 15 is 0 Å². The average Bonchev–Trinajstić information content (AvgIpc) is 2.61. The Morgan fingerprint density at radius 3 is 2.58 bits per heavy atom. The van der Waals surface area contributed by atoms with Crippen molar-refractivity contribution in [2.45, 2.75) is 25.8 Å². The predicted octanol–water partition coefficient (Wildman–Crippen LogP) is 2.61. The number of ether oxygens (including phenoxy) is 1. The maximum atomic E-state index is 12.3. The Hall–Kier alpha value is -1.91. The number of hydrogen-bond donors (Lipinski definition) is 1. The molecule has 0 aromatic heterocycles. The Morgan fingerprint density at radius 2 is 1.83 bits per heavy atom. The van der Waals surface area contributed by atoms with E-state index in [9.17, 15) is 4.79 Å². The van der Waals surface area contributed by atoms with Crippen molar-refractivity contribution in [2.75, 3.05) is 32.8 Å². The summed E-state index contributed by atoms with van der Waals surface area (Å²) in [6.45, 7) is 8.40. The smallest absolute Gasteiger partial charge is 0.224 e. The summed E-state index contributed by atoms with van der Waals surface area (Å²) in [5.74, 6) is 0.0756. The van der Waals surface area contributed by atoms with Gasteiger partial charge in [0, 0.05) is 25.2 Å². The molecule has 1 amide bonds. The van der Waals surface area contributed by atoms with Crippen molar-refractivity contribution in [2.24, 2.45) is 0 Å². The molecular formula is C20H26N2O2. The highest BCUT2D eigenvalue weighted by molar-refractivity contribution is 5.85. The summed E-state index contributed by atoms with van der Waals surface area (Å²) >= 11 is 0. The van der Waals surface area contributed by atoms with Gasteiger partial charge in [0.25, 0.3) is 0 Å². The van der Waals surface area contributed by atoms with E-state index < -0.39 is 0 Å². The van der Waals surface area contributed by atoms with Crippen LogP contribution in [-0.2, 0) is 16.0 Å². The molecule has 2 aromatic carbocycles. The SMILES string of the molecule is CC(C)(CNC(=O)Cc1ccc2ccccc2c1)N1CCOCC1. The maximum Gasteiger partial charge on any atom is 0.224 e. The van der Waals surface area contributed by atoms with Gasteiger partial charge in [0.1, 0.15) is 0 Å². The van der Waals surface area contributed by atoms with Gasteiger partial charge in [-0.05, 0) is 30.2 Å². The first kappa shape index (κ1) is 16.9. The number of nitrogens with one attached hydrogen (secondary N) is 1. The van der Waals surface area contributed by atoms with Crippen LogP contribution in [0.5, 0.6) is 0 Å². The molecule has 0 atom stereocenters. The van der Waals surface area contributed by atoms with Gasteiger partial charge in [-0.25, -0.2) is 0 Å². The van der Waals surface area contributed by atoms with E-state index in [1.807, 2.05) is 18.2 Å². The lowest BCUT2D eigenvalue weighted by Gasteiger charge is -2.40. The van der Waals surface area contributed by atoms with Gasteiger partial charge >= 0.3 is 0 Å². The zero-order chi connectivity index (χ0) is 17.0. The number of rotatable bonds is 5. The summed E-state index contributed by atoms with van der Waals surface area (Å²) in [5.41, 5.74) is 0.999. The minimum Gasteiger partial charge on any atom is -0.379 e. The standard InChI is InChI=1S/C20H26N2O2/c1-20(2,22-9-11-24-12-10-22)15-21-19(23)14-16-7-8-17-5-3-4-6-18(17)13-16/h3-8,13H,9-12,14-15H2,1-2H3,(H,21,23). The first-order chi connectivity index (χ1) is 11.5. The van der Waals surface area contributed by atoms with E-state index in [0.717, 1.165) is 31.9 Å². The number of benzene rings is 2. The molecule has 0 unspecified atom stereocenters. The van der Waals surface area contributed by atoms with Crippen molar-refractivity contribution in [1.82, 2.24) is 10.2 Å². The molecule has 1 aliphatic heterocycles. The van der Waals surface area contributed by atoms with E-state index in [0.29, 0.717) is 13.0 Å². The molecule has 3 rings (SSSR count). The van der Waals surface area contributed by atoms with Crippen molar-refractivity contribution in [1.29, 1.82) is 0 Å². The van der Waals surface area contributed by atoms with Crippen LogP contribution in [0, 0.1) is 0 Å². The molecule has 1 saturated heterocycles. The molecule has 4 nitrogen and oxygen atoms in total. The summed E-state index contributed by atoms with van der Waals surface area (Å²) in [4.78, 5) is 14.7. The number of nitrogens with zero attached hydrogens (tertiary/aromatic N) is 1. The monoisotopic (exact) mass is 326 g/mol. The Balaban J connectivity index is 1.56. The highest BCUT2D eigenvalue weighted by Gasteiger charge is 2.28. The minimum atomic E-state index is -0.0528. The maximum absolute atomic E-state index is 12.3. The highest BCUT2D eigenvalue weighted by Crippen LogP contribution is 2.17. The van der Waals surface area contributed by atoms with Gasteiger partial charge in [0.2, 0.25) is 5.91 Å². The first-order valence-corrected chi connectivity index (χ1v) is 8.62. The number of hydrogen-bond acceptors (Lipinski definition) is 3. The van der Waals surface area contributed by atoms with E-state index in [2.05, 4.69) is 48.3 Å². The molecule has 0 saturated carbocycles. The molecule has 1 fully saturated rings. The zero-order valence-corrected chi connectivity index (χ0v) is 14.5. The second kappa shape index (κ2) is 7.32. The van der Waals surface area contributed by atoms with E-state index in [-0.39, 0.29) is 11.4 Å². The fourth-order valence-corrected chi connectivity index (χ4v) is 3.19. The minimum absolute atomic E-state index is 0.0528. The summed E-state index contributed by atoms with van der Waals surface area (Å²) < 4.78 is 5.41. The van der Waals surface area contributed by atoms with Gasteiger partial charge in [0.15, 0.2) is 0 Å². The molecule has 0 aliphatic carbocycles. The topological polar surface area (TPSA) is 41.6 Å². The van der Waals surface area contributed by atoms with Gasteiger partial charge in [-0.1, -0.05) is 42.5 Å². The van der Waals surface area contributed by atoms with E-state index in [1.54, 1.807) is 0 Å². The Morgan fingerprint density at radius 1 is 1.12 bits per heavy atom. The number of morpholine rings is 1. The molecule has 2 aromatic rings. The zero-order valence-electron chi connectivity index (χ0n) is 14.5. The molecule has 24 heavy (non-hydrogen) atoms. The molecule has 0 radical (unpaired) electrons. The van der Waals surface area contributed by atoms with Crippen LogP contribution >= 0.6 is 0 Å². The summed E-state index contributed by atoms with van der Waals surface area (Å²) in [6, 6.07) is 14.4. The quantitative estimate of drug-likeness (QED) is 0.918. The third-order valence-electron chi connectivity index (χ3n) is 4.76. The largest absolute Gasteiger partial charge is 0.379 e. The Labute approximate surface area is 143 Å². The summed E-state index contributed by atoms with van der Waals surface area (Å²) in [5, 5.41) is 5.48. The van der Waals surface area contributed by atoms with Crippen molar-refractivity contribution >= 4 is 16.7 Å². The number of fused-ring (bicyclic) bond motifs is 1. The van der Waals surface area contributed by atoms with Crippen molar-refractivity contribution in [3.8, 4) is 0 Å². The molecule has 128 valence electrons. The average molecular weight is 326 g/mol. The summed E-state index contributed by atoms with van der Waals surface area (Å²) in [6.07, 6.45) is 0.421. The van der Waals surface area contributed by atoms with Gasteiger partial charge in [-0.3, -0.25) is 9.69 Å². The first-order valence-electron chi connectivity index (χ1n) is 8.62. The normalized spacial score (nSPS) is 16.2. The van der Waals surface area contributed by atoms with Crippen LogP contribution in [0.15, 0.2) is 42.5 Å². The number of carbonyl (C=O) groups excluding carboxylic acids is 1. The molecule has 1 heterocycles. The van der Waals surface area contributed by atoms with Crippen molar-refractivity contribution < 1.29 is 9.53 Å². The lowest BCUT2D eigenvalue weighted by atomic mass is 10.0. The molecule has 4 heteroatoms. The lowest BCUT2D eigenvalue weighted by Crippen LogP contribution is -2.55. The molecular weight excluding hydrogens is 300 g/mol. The van der Waals surface area contributed by atoms with Crippen LogP contribution in [0.2, 0.25) is 0 Å². The van der Waals surface area contributed by atoms with Gasteiger partial charge in [0.05, 0.1) is 19.6 Å². The van der Waals surface area contributed by atoms with Gasteiger partial charge < -0.3 is 10.1 Å². The second-order valence-electron chi connectivity index (χ2n) is 7.05. The van der Waals surface area contributed by atoms with Crippen LogP contribution in [0.1, 0.15) is 19.4 Å². The Bertz CT molecular complexity index is 706. The van der Waals surface area contributed by atoms with Crippen LogP contribution in [0.4, 0.5) is 0 Å². The van der Waals surface area contributed by atoms with Crippen LogP contribution in [0.25, 0.3) is 10.8 Å². The third-order valence-corrected chi connectivity index (χ3v) is 4.76.